The SMILES string of the molecule is O=C(/C=C/c1ccc([N+](=O)[O-])cc1)Nc1ccc(-n2cnn(CC(O)(Cn3cncn3)c3ccc(F)cc3F)c2=O)cc1. The van der Waals surface area contributed by atoms with Gasteiger partial charge in [-0.2, -0.15) is 10.2 Å². The molecule has 5 rings (SSSR count). The number of carbonyl (C=O) groups is 1. The average Bonchev–Trinajstić information content (AvgIpc) is 3.62. The molecule has 0 aliphatic carbocycles. The van der Waals surface area contributed by atoms with E-state index in [1.54, 1.807) is 24.3 Å². The van der Waals surface area contributed by atoms with Gasteiger partial charge in [-0.3, -0.25) is 14.9 Å². The number of aromatic nitrogens is 6. The van der Waals surface area contributed by atoms with Gasteiger partial charge >= 0.3 is 5.69 Å². The first-order valence-corrected chi connectivity index (χ1v) is 12.6. The topological polar surface area (TPSA) is 163 Å². The molecule has 0 bridgehead atoms. The van der Waals surface area contributed by atoms with Gasteiger partial charge in [-0.1, -0.05) is 6.07 Å². The third-order valence-corrected chi connectivity index (χ3v) is 6.41. The van der Waals surface area contributed by atoms with Crippen molar-refractivity contribution in [3.05, 3.63) is 135 Å². The lowest BCUT2D eigenvalue weighted by Crippen LogP contribution is -2.41. The molecule has 0 spiro atoms. The lowest BCUT2D eigenvalue weighted by molar-refractivity contribution is -0.384. The molecule has 5 aromatic rings. The van der Waals surface area contributed by atoms with Gasteiger partial charge in [-0.05, 0) is 54.1 Å². The molecular weight excluding hydrogens is 566 g/mol. The zero-order valence-corrected chi connectivity index (χ0v) is 22.1. The minimum Gasteiger partial charge on any atom is -0.381 e. The summed E-state index contributed by atoms with van der Waals surface area (Å²) in [6.07, 6.45) is 6.53. The fourth-order valence-corrected chi connectivity index (χ4v) is 4.31. The first-order valence-electron chi connectivity index (χ1n) is 12.6. The summed E-state index contributed by atoms with van der Waals surface area (Å²) < 4.78 is 31.7. The molecule has 0 aliphatic heterocycles. The number of nitro benzene ring substituents is 1. The zero-order chi connectivity index (χ0) is 30.6. The number of nitrogens with zero attached hydrogens (tertiary/aromatic N) is 7. The van der Waals surface area contributed by atoms with Gasteiger partial charge in [-0.15, -0.1) is 0 Å². The quantitative estimate of drug-likeness (QED) is 0.143. The van der Waals surface area contributed by atoms with Crippen LogP contribution >= 0.6 is 0 Å². The normalized spacial score (nSPS) is 12.7. The summed E-state index contributed by atoms with van der Waals surface area (Å²) in [7, 11) is 0. The largest absolute Gasteiger partial charge is 0.381 e. The van der Waals surface area contributed by atoms with Crippen LogP contribution in [0.25, 0.3) is 11.8 Å². The number of carbonyl (C=O) groups excluding carboxylic acids is 1. The number of anilines is 1. The zero-order valence-electron chi connectivity index (χ0n) is 22.1. The molecule has 2 N–H and O–H groups in total. The van der Waals surface area contributed by atoms with Crippen molar-refractivity contribution in [3.63, 3.8) is 0 Å². The van der Waals surface area contributed by atoms with Gasteiger partial charge in [-0.25, -0.2) is 32.5 Å². The van der Waals surface area contributed by atoms with Crippen molar-refractivity contribution in [1.29, 1.82) is 0 Å². The Morgan fingerprint density at radius 3 is 2.42 bits per heavy atom. The molecule has 0 radical (unpaired) electrons. The number of rotatable bonds is 10. The molecule has 1 atom stereocenters. The predicted octanol–water partition coefficient (Wildman–Crippen LogP) is 3.05. The summed E-state index contributed by atoms with van der Waals surface area (Å²) in [5.41, 5.74) is -1.60. The smallest absolute Gasteiger partial charge is 0.350 e. The Morgan fingerprint density at radius 1 is 1.02 bits per heavy atom. The van der Waals surface area contributed by atoms with E-state index in [1.807, 2.05) is 0 Å². The molecule has 0 aliphatic rings. The van der Waals surface area contributed by atoms with E-state index in [0.29, 0.717) is 23.0 Å². The van der Waals surface area contributed by atoms with Gasteiger partial charge < -0.3 is 10.4 Å². The van der Waals surface area contributed by atoms with E-state index in [1.165, 1.54) is 64.6 Å². The standard InChI is InChI=1S/C28H22F2N8O5/c29-20-4-11-24(25(30)13-20)28(41,14-35-17-31-16-32-35)15-37-27(40)36(18-33-37)22-9-5-21(6-10-22)34-26(39)12-3-19-1-7-23(8-2-19)38(42)43/h1-13,16-18,41H,14-15H2,(H,34,39)/b12-3+. The summed E-state index contributed by atoms with van der Waals surface area (Å²) in [5, 5.41) is 33.0. The highest BCUT2D eigenvalue weighted by Crippen LogP contribution is 2.28. The van der Waals surface area contributed by atoms with Gasteiger partial charge in [0.25, 0.3) is 5.69 Å². The number of halogens is 2. The summed E-state index contributed by atoms with van der Waals surface area (Å²) in [6, 6.07) is 14.7. The minimum atomic E-state index is -2.05. The third-order valence-electron chi connectivity index (χ3n) is 6.41. The Bertz CT molecular complexity index is 1850. The van der Waals surface area contributed by atoms with Gasteiger partial charge in [0.05, 0.1) is 23.7 Å². The maximum atomic E-state index is 14.7. The summed E-state index contributed by atoms with van der Waals surface area (Å²) in [6.45, 7) is -0.793. The Labute approximate surface area is 241 Å². The number of benzene rings is 3. The number of hydrogen-bond acceptors (Lipinski definition) is 8. The fraction of sp³-hybridized carbons (Fsp3) is 0.107. The second-order valence-electron chi connectivity index (χ2n) is 9.41. The summed E-state index contributed by atoms with van der Waals surface area (Å²) >= 11 is 0. The van der Waals surface area contributed by atoms with E-state index in [4.69, 9.17) is 0 Å². The molecular formula is C28H22F2N8O5. The lowest BCUT2D eigenvalue weighted by atomic mass is 9.93. The molecule has 3 aromatic carbocycles. The number of aliphatic hydroxyl groups is 1. The molecule has 1 amide bonds. The fourth-order valence-electron chi connectivity index (χ4n) is 4.31. The van der Waals surface area contributed by atoms with Gasteiger partial charge in [0, 0.05) is 35.5 Å². The van der Waals surface area contributed by atoms with Crippen LogP contribution in [0, 0.1) is 21.7 Å². The molecule has 2 heterocycles. The maximum Gasteiger partial charge on any atom is 0.350 e. The van der Waals surface area contributed by atoms with E-state index in [2.05, 4.69) is 20.5 Å². The van der Waals surface area contributed by atoms with Crippen LogP contribution < -0.4 is 11.0 Å². The van der Waals surface area contributed by atoms with E-state index in [0.717, 1.165) is 16.8 Å². The van der Waals surface area contributed by atoms with Crippen molar-refractivity contribution in [2.45, 2.75) is 18.7 Å². The number of nitro groups is 1. The molecule has 43 heavy (non-hydrogen) atoms. The third kappa shape index (κ3) is 6.57. The Morgan fingerprint density at radius 2 is 1.77 bits per heavy atom. The highest BCUT2D eigenvalue weighted by Gasteiger charge is 2.35. The number of nitrogens with one attached hydrogen (secondary N) is 1. The highest BCUT2D eigenvalue weighted by molar-refractivity contribution is 6.01. The first-order chi connectivity index (χ1) is 20.6. The Balaban J connectivity index is 1.31. The van der Waals surface area contributed by atoms with Crippen LogP contribution in [0.1, 0.15) is 11.1 Å². The van der Waals surface area contributed by atoms with Crippen LogP contribution in [-0.4, -0.2) is 45.0 Å². The van der Waals surface area contributed by atoms with Gasteiger partial charge in [0.1, 0.15) is 36.2 Å². The second-order valence-corrected chi connectivity index (χ2v) is 9.41. The number of amides is 1. The molecule has 0 saturated heterocycles. The molecule has 1 unspecified atom stereocenters. The summed E-state index contributed by atoms with van der Waals surface area (Å²) in [5.74, 6) is -2.28. The van der Waals surface area contributed by atoms with Gasteiger partial charge in [0.15, 0.2) is 0 Å². The van der Waals surface area contributed by atoms with Crippen molar-refractivity contribution < 1.29 is 23.6 Å². The molecule has 2 aromatic heterocycles. The molecule has 0 fully saturated rings. The molecule has 0 saturated carbocycles. The van der Waals surface area contributed by atoms with Crippen molar-refractivity contribution >= 4 is 23.4 Å². The van der Waals surface area contributed by atoms with Crippen molar-refractivity contribution in [2.24, 2.45) is 0 Å². The van der Waals surface area contributed by atoms with Crippen LogP contribution in [-0.2, 0) is 23.5 Å². The van der Waals surface area contributed by atoms with E-state index >= 15 is 0 Å². The Kier molecular flexibility index (Phi) is 7.98. The maximum absolute atomic E-state index is 14.7. The van der Waals surface area contributed by atoms with Crippen molar-refractivity contribution in [1.82, 2.24) is 29.1 Å². The summed E-state index contributed by atoms with van der Waals surface area (Å²) in [4.78, 5) is 39.6. The van der Waals surface area contributed by atoms with E-state index in [9.17, 15) is 33.6 Å². The number of hydrogen-bond donors (Lipinski definition) is 2. The Hall–Kier alpha value is -5.83. The van der Waals surface area contributed by atoms with E-state index < -0.39 is 40.3 Å². The van der Waals surface area contributed by atoms with Crippen LogP contribution in [0.3, 0.4) is 0 Å². The van der Waals surface area contributed by atoms with Crippen molar-refractivity contribution in [3.8, 4) is 5.69 Å². The van der Waals surface area contributed by atoms with Crippen molar-refractivity contribution in [2.75, 3.05) is 5.32 Å². The molecule has 218 valence electrons. The number of non-ortho nitro benzene ring substituents is 1. The van der Waals surface area contributed by atoms with Crippen LogP contribution in [0.15, 0.2) is 96.6 Å². The van der Waals surface area contributed by atoms with Crippen LogP contribution in [0.2, 0.25) is 0 Å². The monoisotopic (exact) mass is 588 g/mol. The highest BCUT2D eigenvalue weighted by atomic mass is 19.1. The first kappa shape index (κ1) is 28.7. The average molecular weight is 589 g/mol. The second kappa shape index (κ2) is 12.0. The van der Waals surface area contributed by atoms with Crippen LogP contribution in [0.4, 0.5) is 20.2 Å². The molecule has 15 heteroatoms. The predicted molar refractivity (Wildman–Crippen MR) is 149 cm³/mol. The van der Waals surface area contributed by atoms with E-state index in [-0.39, 0.29) is 17.8 Å². The lowest BCUT2D eigenvalue weighted by Gasteiger charge is -2.28. The van der Waals surface area contributed by atoms with Crippen LogP contribution in [0.5, 0.6) is 0 Å². The molecule has 13 nitrogen and oxygen atoms in total. The van der Waals surface area contributed by atoms with Gasteiger partial charge in [0.2, 0.25) is 5.91 Å². The minimum absolute atomic E-state index is 0.0596.